The topological polar surface area (TPSA) is 52.9 Å². The second-order valence-electron chi connectivity index (χ2n) is 6.94. The highest BCUT2D eigenvalue weighted by Crippen LogP contribution is 2.22. The number of carbonyl (C=O) groups excluding carboxylic acids is 1. The Labute approximate surface area is 152 Å². The molecule has 2 aromatic carbocycles. The van der Waals surface area contributed by atoms with E-state index in [0.29, 0.717) is 6.07 Å². The summed E-state index contributed by atoms with van der Waals surface area (Å²) in [4.78, 5) is 12.0. The fourth-order valence-corrected chi connectivity index (χ4v) is 2.37. The van der Waals surface area contributed by atoms with E-state index in [9.17, 15) is 13.6 Å². The number of hydrogen-bond donors (Lipinski definition) is 1. The number of rotatable bonds is 4. The minimum absolute atomic E-state index is 0.0405. The minimum Gasteiger partial charge on any atom is -0.333 e. The molecule has 0 aliphatic rings. The summed E-state index contributed by atoms with van der Waals surface area (Å²) in [7, 11) is 0. The number of carbonyl (C=O) groups is 1. The lowest BCUT2D eigenvalue weighted by atomic mass is 9.87. The molecule has 0 spiro atoms. The van der Waals surface area contributed by atoms with Crippen LogP contribution in [0.15, 0.2) is 48.5 Å². The molecular formula is C21H20F2N2O. The lowest BCUT2D eigenvalue weighted by molar-refractivity contribution is -0.116. The summed E-state index contributed by atoms with van der Waals surface area (Å²) in [6, 6.07) is 11.2. The Morgan fingerprint density at radius 3 is 2.35 bits per heavy atom. The van der Waals surface area contributed by atoms with Crippen molar-refractivity contribution in [1.29, 1.82) is 5.26 Å². The number of nitriles is 1. The van der Waals surface area contributed by atoms with Crippen LogP contribution in [0.25, 0.3) is 6.08 Å². The Balaban J connectivity index is 2.07. The summed E-state index contributed by atoms with van der Waals surface area (Å²) in [5, 5.41) is 11.6. The van der Waals surface area contributed by atoms with E-state index in [1.165, 1.54) is 11.6 Å². The maximum atomic E-state index is 13.8. The number of amides is 1. The first kappa shape index (κ1) is 19.3. The molecule has 1 amide bonds. The molecule has 3 nitrogen and oxygen atoms in total. The average molecular weight is 354 g/mol. The molecule has 1 unspecified atom stereocenters. The molecule has 0 saturated heterocycles. The smallest absolute Gasteiger partial charge is 0.245 e. The van der Waals surface area contributed by atoms with E-state index in [1.807, 2.05) is 24.3 Å². The molecule has 1 N–H and O–H groups in total. The Morgan fingerprint density at radius 1 is 1.15 bits per heavy atom. The number of benzene rings is 2. The lowest BCUT2D eigenvalue weighted by Crippen LogP contribution is -2.26. The summed E-state index contributed by atoms with van der Waals surface area (Å²) >= 11 is 0. The molecule has 0 aliphatic heterocycles. The maximum absolute atomic E-state index is 13.8. The summed E-state index contributed by atoms with van der Waals surface area (Å²) < 4.78 is 26.7. The Morgan fingerprint density at radius 2 is 1.81 bits per heavy atom. The van der Waals surface area contributed by atoms with Crippen molar-refractivity contribution in [3.63, 3.8) is 0 Å². The molecule has 0 bridgehead atoms. The molecule has 0 aliphatic carbocycles. The van der Waals surface area contributed by atoms with Crippen LogP contribution in [-0.2, 0) is 10.2 Å². The van der Waals surface area contributed by atoms with Crippen molar-refractivity contribution >= 4 is 12.0 Å². The highest BCUT2D eigenvalue weighted by Gasteiger charge is 2.17. The third-order valence-electron chi connectivity index (χ3n) is 3.89. The van der Waals surface area contributed by atoms with Crippen LogP contribution in [0.3, 0.4) is 0 Å². The zero-order valence-corrected chi connectivity index (χ0v) is 14.9. The van der Waals surface area contributed by atoms with Gasteiger partial charge in [0.1, 0.15) is 17.7 Å². The second kappa shape index (κ2) is 7.92. The van der Waals surface area contributed by atoms with Crippen molar-refractivity contribution in [2.75, 3.05) is 0 Å². The molecular weight excluding hydrogens is 334 g/mol. The Bertz CT molecular complexity index is 859. The van der Waals surface area contributed by atoms with E-state index in [1.54, 1.807) is 12.1 Å². The van der Waals surface area contributed by atoms with Crippen molar-refractivity contribution in [1.82, 2.24) is 5.32 Å². The predicted molar refractivity (Wildman–Crippen MR) is 97.0 cm³/mol. The molecule has 0 saturated carbocycles. The van der Waals surface area contributed by atoms with Crippen molar-refractivity contribution in [2.24, 2.45) is 0 Å². The van der Waals surface area contributed by atoms with E-state index in [4.69, 9.17) is 5.26 Å². The van der Waals surface area contributed by atoms with E-state index in [0.717, 1.165) is 17.7 Å². The molecule has 1 atom stereocenters. The monoisotopic (exact) mass is 354 g/mol. The average Bonchev–Trinajstić information content (AvgIpc) is 2.58. The second-order valence-corrected chi connectivity index (χ2v) is 6.94. The van der Waals surface area contributed by atoms with Crippen LogP contribution in [0.4, 0.5) is 8.78 Å². The van der Waals surface area contributed by atoms with E-state index >= 15 is 0 Å². The van der Waals surface area contributed by atoms with Gasteiger partial charge in [-0.15, -0.1) is 0 Å². The van der Waals surface area contributed by atoms with Gasteiger partial charge in [0.05, 0.1) is 6.07 Å². The molecule has 0 aromatic heterocycles. The lowest BCUT2D eigenvalue weighted by Gasteiger charge is -2.18. The molecule has 2 aromatic rings. The highest BCUT2D eigenvalue weighted by atomic mass is 19.1. The van der Waals surface area contributed by atoms with Gasteiger partial charge in [0.25, 0.3) is 0 Å². The molecule has 26 heavy (non-hydrogen) atoms. The summed E-state index contributed by atoms with van der Waals surface area (Å²) in [5.74, 6) is -2.16. The van der Waals surface area contributed by atoms with Crippen LogP contribution in [0.2, 0.25) is 0 Å². The van der Waals surface area contributed by atoms with Crippen molar-refractivity contribution < 1.29 is 13.6 Å². The van der Waals surface area contributed by atoms with Crippen molar-refractivity contribution in [3.8, 4) is 6.07 Å². The zero-order valence-electron chi connectivity index (χ0n) is 14.9. The van der Waals surface area contributed by atoms with Crippen LogP contribution >= 0.6 is 0 Å². The van der Waals surface area contributed by atoms with Crippen molar-refractivity contribution in [3.05, 3.63) is 76.9 Å². The SMILES string of the molecule is CC(C)(C)c1ccc(/C=C/C(=O)NC(C#N)c2ccc(F)cc2F)cc1. The fourth-order valence-electron chi connectivity index (χ4n) is 2.37. The fraction of sp³-hybridized carbons (Fsp3) is 0.238. The van der Waals surface area contributed by atoms with Crippen LogP contribution in [0.5, 0.6) is 0 Å². The van der Waals surface area contributed by atoms with E-state index in [-0.39, 0.29) is 11.0 Å². The van der Waals surface area contributed by atoms with Crippen LogP contribution in [-0.4, -0.2) is 5.91 Å². The number of hydrogen-bond acceptors (Lipinski definition) is 2. The third kappa shape index (κ3) is 5.00. The zero-order chi connectivity index (χ0) is 19.3. The normalized spacial score (nSPS) is 12.6. The summed E-state index contributed by atoms with van der Waals surface area (Å²) in [6.45, 7) is 6.34. The van der Waals surface area contributed by atoms with Crippen molar-refractivity contribution in [2.45, 2.75) is 32.2 Å². The summed E-state index contributed by atoms with van der Waals surface area (Å²) in [5.41, 5.74) is 1.97. The van der Waals surface area contributed by atoms with Gasteiger partial charge in [-0.3, -0.25) is 4.79 Å². The molecule has 2 rings (SSSR count). The van der Waals surface area contributed by atoms with Gasteiger partial charge in [-0.1, -0.05) is 51.1 Å². The van der Waals surface area contributed by atoms with Gasteiger partial charge in [-0.05, 0) is 28.7 Å². The largest absolute Gasteiger partial charge is 0.333 e. The standard InChI is InChI=1S/C21H20F2N2O/c1-21(2,3)15-7-4-14(5-8-15)6-11-20(26)25-19(13-24)17-10-9-16(22)12-18(17)23/h4-12,19H,1-3H3,(H,25,26)/b11-6+. The molecule has 0 heterocycles. The number of halogens is 2. The van der Waals surface area contributed by atoms with Gasteiger partial charge in [-0.25, -0.2) is 8.78 Å². The molecule has 0 radical (unpaired) electrons. The van der Waals surface area contributed by atoms with Gasteiger partial charge in [0, 0.05) is 17.7 Å². The molecule has 5 heteroatoms. The van der Waals surface area contributed by atoms with Gasteiger partial charge in [0.2, 0.25) is 5.91 Å². The Hall–Kier alpha value is -3.00. The van der Waals surface area contributed by atoms with Crippen LogP contribution < -0.4 is 5.32 Å². The summed E-state index contributed by atoms with van der Waals surface area (Å²) in [6.07, 6.45) is 2.88. The highest BCUT2D eigenvalue weighted by molar-refractivity contribution is 5.92. The number of nitrogens with zero attached hydrogens (tertiary/aromatic N) is 1. The van der Waals surface area contributed by atoms with E-state index < -0.39 is 23.6 Å². The van der Waals surface area contributed by atoms with Gasteiger partial charge in [-0.2, -0.15) is 5.26 Å². The van der Waals surface area contributed by atoms with Gasteiger partial charge < -0.3 is 5.32 Å². The first-order valence-electron chi connectivity index (χ1n) is 8.14. The van der Waals surface area contributed by atoms with Gasteiger partial charge in [0.15, 0.2) is 0 Å². The Kier molecular flexibility index (Phi) is 5.89. The van der Waals surface area contributed by atoms with Crippen LogP contribution in [0.1, 0.15) is 43.5 Å². The van der Waals surface area contributed by atoms with Crippen LogP contribution in [0, 0.1) is 23.0 Å². The molecule has 0 fully saturated rings. The first-order valence-corrected chi connectivity index (χ1v) is 8.14. The quantitative estimate of drug-likeness (QED) is 0.812. The maximum Gasteiger partial charge on any atom is 0.245 e. The van der Waals surface area contributed by atoms with Gasteiger partial charge >= 0.3 is 0 Å². The number of nitrogens with one attached hydrogen (secondary N) is 1. The first-order chi connectivity index (χ1) is 12.2. The van der Waals surface area contributed by atoms with E-state index in [2.05, 4.69) is 26.1 Å². The minimum atomic E-state index is -1.20. The third-order valence-corrected chi connectivity index (χ3v) is 3.89. The molecule has 134 valence electrons. The predicted octanol–water partition coefficient (Wildman–Crippen LogP) is 4.66.